The molecule has 1 amide bonds. The van der Waals surface area contributed by atoms with Crippen molar-refractivity contribution >= 4 is 15.9 Å². The molecule has 3 aromatic rings. The molecule has 29 heavy (non-hydrogen) atoms. The molecule has 0 aliphatic carbocycles. The van der Waals surface area contributed by atoms with Gasteiger partial charge < -0.3 is 9.42 Å². The molecule has 0 atom stereocenters. The third-order valence-corrected chi connectivity index (χ3v) is 7.03. The van der Waals surface area contributed by atoms with Crippen LogP contribution < -0.4 is 0 Å². The number of amides is 1. The highest BCUT2D eigenvalue weighted by Crippen LogP contribution is 2.24. The van der Waals surface area contributed by atoms with Crippen LogP contribution in [-0.2, 0) is 10.0 Å². The summed E-state index contributed by atoms with van der Waals surface area (Å²) in [5.41, 5.74) is 1.68. The van der Waals surface area contributed by atoms with Crippen LogP contribution in [0.25, 0.3) is 5.69 Å². The Morgan fingerprint density at radius 2 is 1.76 bits per heavy atom. The van der Waals surface area contributed by atoms with E-state index in [-0.39, 0.29) is 29.7 Å². The number of sulfonamides is 1. The minimum Gasteiger partial charge on any atom is -0.360 e. The summed E-state index contributed by atoms with van der Waals surface area (Å²) in [4.78, 5) is 18.5. The Bertz CT molecular complexity index is 1090. The predicted molar refractivity (Wildman–Crippen MR) is 102 cm³/mol. The SMILES string of the molecule is Cc1noc(C)c1S(=O)(=O)N1CCN(C(=O)c2ccc(-n3cncn3)cc2)CC1. The zero-order valence-corrected chi connectivity index (χ0v) is 16.8. The molecule has 1 aromatic carbocycles. The van der Waals surface area contributed by atoms with Crippen LogP contribution in [0.4, 0.5) is 0 Å². The molecule has 0 N–H and O–H groups in total. The van der Waals surface area contributed by atoms with Gasteiger partial charge in [-0.2, -0.15) is 9.40 Å². The number of benzene rings is 1. The minimum absolute atomic E-state index is 0.112. The number of rotatable bonds is 4. The van der Waals surface area contributed by atoms with Crippen molar-refractivity contribution in [2.75, 3.05) is 26.2 Å². The van der Waals surface area contributed by atoms with Crippen molar-refractivity contribution in [1.82, 2.24) is 29.1 Å². The van der Waals surface area contributed by atoms with Gasteiger partial charge in [0, 0.05) is 31.7 Å². The quantitative estimate of drug-likeness (QED) is 0.624. The highest BCUT2D eigenvalue weighted by molar-refractivity contribution is 7.89. The molecule has 3 heterocycles. The first-order valence-corrected chi connectivity index (χ1v) is 10.5. The van der Waals surface area contributed by atoms with Crippen molar-refractivity contribution in [3.8, 4) is 5.69 Å². The fourth-order valence-electron chi connectivity index (χ4n) is 3.38. The van der Waals surface area contributed by atoms with E-state index in [0.717, 1.165) is 5.69 Å². The summed E-state index contributed by atoms with van der Waals surface area (Å²) < 4.78 is 33.8. The molecule has 0 spiro atoms. The number of hydrogen-bond donors (Lipinski definition) is 0. The Balaban J connectivity index is 1.43. The molecule has 0 unspecified atom stereocenters. The van der Waals surface area contributed by atoms with Gasteiger partial charge in [0.15, 0.2) is 5.76 Å². The van der Waals surface area contributed by atoms with Crippen LogP contribution in [0.5, 0.6) is 0 Å². The molecule has 1 saturated heterocycles. The first-order valence-electron chi connectivity index (χ1n) is 9.05. The molecule has 0 radical (unpaired) electrons. The first-order chi connectivity index (χ1) is 13.9. The Hall–Kier alpha value is -3.05. The largest absolute Gasteiger partial charge is 0.360 e. The molecule has 1 aliphatic heterocycles. The van der Waals surface area contributed by atoms with E-state index in [4.69, 9.17) is 4.52 Å². The van der Waals surface area contributed by atoms with Crippen molar-refractivity contribution in [3.63, 3.8) is 0 Å². The molecule has 2 aromatic heterocycles. The van der Waals surface area contributed by atoms with Crippen molar-refractivity contribution < 1.29 is 17.7 Å². The van der Waals surface area contributed by atoms with E-state index in [1.54, 1.807) is 54.0 Å². The van der Waals surface area contributed by atoms with Gasteiger partial charge in [0.1, 0.15) is 23.2 Å². The van der Waals surface area contributed by atoms with E-state index in [0.29, 0.717) is 24.3 Å². The molecule has 1 fully saturated rings. The summed E-state index contributed by atoms with van der Waals surface area (Å²) in [6, 6.07) is 7.04. The molecule has 152 valence electrons. The molecule has 0 bridgehead atoms. The average Bonchev–Trinajstić information content (AvgIpc) is 3.38. The van der Waals surface area contributed by atoms with Crippen LogP contribution in [-0.4, -0.2) is 69.6 Å². The van der Waals surface area contributed by atoms with Gasteiger partial charge in [0.05, 0.1) is 5.69 Å². The Kier molecular flexibility index (Phi) is 4.92. The van der Waals surface area contributed by atoms with E-state index < -0.39 is 10.0 Å². The molecule has 11 heteroatoms. The summed E-state index contributed by atoms with van der Waals surface area (Å²) >= 11 is 0. The van der Waals surface area contributed by atoms with Gasteiger partial charge in [0.2, 0.25) is 10.0 Å². The van der Waals surface area contributed by atoms with Crippen LogP contribution in [0.1, 0.15) is 21.8 Å². The maximum atomic E-state index is 12.9. The highest BCUT2D eigenvalue weighted by Gasteiger charge is 2.34. The lowest BCUT2D eigenvalue weighted by atomic mass is 10.1. The van der Waals surface area contributed by atoms with Gasteiger partial charge in [-0.05, 0) is 38.1 Å². The Labute approximate surface area is 167 Å². The van der Waals surface area contributed by atoms with Crippen molar-refractivity contribution in [1.29, 1.82) is 0 Å². The number of nitrogens with zero attached hydrogens (tertiary/aromatic N) is 6. The lowest BCUT2D eigenvalue weighted by molar-refractivity contribution is 0.0698. The monoisotopic (exact) mass is 416 g/mol. The van der Waals surface area contributed by atoms with E-state index >= 15 is 0 Å². The zero-order valence-electron chi connectivity index (χ0n) is 16.0. The van der Waals surface area contributed by atoms with Crippen LogP contribution in [0.15, 0.2) is 46.3 Å². The van der Waals surface area contributed by atoms with Gasteiger partial charge in [-0.15, -0.1) is 0 Å². The predicted octanol–water partition coefficient (Wildman–Crippen LogP) is 1.02. The molecule has 10 nitrogen and oxygen atoms in total. The second-order valence-electron chi connectivity index (χ2n) is 6.74. The lowest BCUT2D eigenvalue weighted by Crippen LogP contribution is -2.50. The first kappa shape index (κ1) is 19.3. The summed E-state index contributed by atoms with van der Waals surface area (Å²) in [5, 5.41) is 7.78. The normalized spacial score (nSPS) is 15.6. The zero-order chi connectivity index (χ0) is 20.6. The topological polar surface area (TPSA) is 114 Å². The number of piperazine rings is 1. The highest BCUT2D eigenvalue weighted by atomic mass is 32.2. The van der Waals surface area contributed by atoms with Crippen molar-refractivity contribution in [2.45, 2.75) is 18.7 Å². The maximum Gasteiger partial charge on any atom is 0.253 e. The van der Waals surface area contributed by atoms with Gasteiger partial charge in [-0.1, -0.05) is 5.16 Å². The van der Waals surface area contributed by atoms with Crippen molar-refractivity contribution in [2.24, 2.45) is 0 Å². The maximum absolute atomic E-state index is 12.9. The van der Waals surface area contributed by atoms with Gasteiger partial charge in [-0.25, -0.2) is 18.1 Å². The number of aryl methyl sites for hydroxylation is 2. The number of aromatic nitrogens is 4. The third-order valence-electron chi connectivity index (χ3n) is 4.89. The summed E-state index contributed by atoms with van der Waals surface area (Å²) in [6.45, 7) is 4.24. The lowest BCUT2D eigenvalue weighted by Gasteiger charge is -2.34. The summed E-state index contributed by atoms with van der Waals surface area (Å²) in [6.07, 6.45) is 3.02. The van der Waals surface area contributed by atoms with E-state index in [9.17, 15) is 13.2 Å². The summed E-state index contributed by atoms with van der Waals surface area (Å²) in [7, 11) is -3.70. The van der Waals surface area contributed by atoms with Crippen LogP contribution in [0.2, 0.25) is 0 Å². The average molecular weight is 416 g/mol. The standard InChI is InChI=1S/C18H20N6O4S/c1-13-17(14(2)28-21-13)29(26,27)23-9-7-22(8-10-23)18(25)15-3-5-16(6-4-15)24-12-19-11-20-24/h3-6,11-12H,7-10H2,1-2H3. The van der Waals surface area contributed by atoms with E-state index in [1.807, 2.05) is 0 Å². The third kappa shape index (κ3) is 3.54. The van der Waals surface area contributed by atoms with Crippen LogP contribution >= 0.6 is 0 Å². The molecular formula is C18H20N6O4S. The minimum atomic E-state index is -3.70. The number of carbonyl (C=O) groups excluding carboxylic acids is 1. The fourth-order valence-corrected chi connectivity index (χ4v) is 5.10. The molecule has 4 rings (SSSR count). The van der Waals surface area contributed by atoms with E-state index in [2.05, 4.69) is 15.2 Å². The second-order valence-corrected chi connectivity index (χ2v) is 8.61. The fraction of sp³-hybridized carbons (Fsp3) is 0.333. The Morgan fingerprint density at radius 3 is 2.31 bits per heavy atom. The number of carbonyl (C=O) groups is 1. The van der Waals surface area contributed by atoms with Crippen molar-refractivity contribution in [3.05, 3.63) is 53.9 Å². The van der Waals surface area contributed by atoms with Gasteiger partial charge >= 0.3 is 0 Å². The van der Waals surface area contributed by atoms with Crippen LogP contribution in [0, 0.1) is 13.8 Å². The Morgan fingerprint density at radius 1 is 1.07 bits per heavy atom. The smallest absolute Gasteiger partial charge is 0.253 e. The van der Waals surface area contributed by atoms with Crippen LogP contribution in [0.3, 0.4) is 0 Å². The van der Waals surface area contributed by atoms with Gasteiger partial charge in [0.25, 0.3) is 5.91 Å². The number of hydrogen-bond acceptors (Lipinski definition) is 7. The molecule has 0 saturated carbocycles. The van der Waals surface area contributed by atoms with Gasteiger partial charge in [-0.3, -0.25) is 4.79 Å². The van der Waals surface area contributed by atoms with E-state index in [1.165, 1.54) is 10.6 Å². The summed E-state index contributed by atoms with van der Waals surface area (Å²) in [5.74, 6) is 0.137. The molecule has 1 aliphatic rings. The molecular weight excluding hydrogens is 396 g/mol. The second kappa shape index (κ2) is 7.41.